The summed E-state index contributed by atoms with van der Waals surface area (Å²) in [4.78, 5) is 31.8. The molecule has 0 aliphatic heterocycles. The Bertz CT molecular complexity index is 486. The molecule has 0 saturated heterocycles. The number of rotatable bonds is 7. The van der Waals surface area contributed by atoms with Crippen molar-refractivity contribution in [2.75, 3.05) is 19.6 Å². The van der Waals surface area contributed by atoms with Crippen LogP contribution in [0.3, 0.4) is 0 Å². The molecular formula is C15H19N3O2. The Morgan fingerprint density at radius 1 is 1.25 bits per heavy atom. The minimum Gasteiger partial charge on any atom is -0.317 e. The van der Waals surface area contributed by atoms with Crippen molar-refractivity contribution in [1.82, 2.24) is 0 Å². The summed E-state index contributed by atoms with van der Waals surface area (Å²) in [7, 11) is 0. The van der Waals surface area contributed by atoms with Crippen molar-refractivity contribution < 1.29 is 9.59 Å². The van der Waals surface area contributed by atoms with Crippen LogP contribution >= 0.6 is 0 Å². The van der Waals surface area contributed by atoms with Crippen molar-refractivity contribution >= 4 is 12.2 Å². The predicted octanol–water partition coefficient (Wildman–Crippen LogP) is 2.39. The van der Waals surface area contributed by atoms with Gasteiger partial charge in [-0.1, -0.05) is 0 Å². The standard InChI is InChI=1S/C15H19N3O2/c1-16-4-2-3-15(9-18-11-20)7-12-5-13(8-17-10-19)14(15)6-12/h12-14H,2-9H2. The number of hydrogen-bond donors (Lipinski definition) is 0. The molecule has 2 aliphatic carbocycles. The largest absolute Gasteiger partial charge is 0.317 e. The lowest BCUT2D eigenvalue weighted by atomic mass is 9.66. The SMILES string of the molecule is [C-]#[N+]CCCC1(CN=C=O)CC2CC(CN=C=O)C1C2. The lowest BCUT2D eigenvalue weighted by Gasteiger charge is -2.40. The predicted molar refractivity (Wildman–Crippen MR) is 73.4 cm³/mol. The third-order valence-electron chi connectivity index (χ3n) is 5.07. The van der Waals surface area contributed by atoms with Crippen LogP contribution in [0.25, 0.3) is 4.85 Å². The third kappa shape index (κ3) is 2.88. The van der Waals surface area contributed by atoms with E-state index >= 15 is 0 Å². The second-order valence-electron chi connectivity index (χ2n) is 6.10. The van der Waals surface area contributed by atoms with E-state index in [2.05, 4.69) is 14.8 Å². The fourth-order valence-corrected chi connectivity index (χ4v) is 4.49. The molecule has 0 radical (unpaired) electrons. The molecule has 0 amide bonds. The lowest BCUT2D eigenvalue weighted by Crippen LogP contribution is -2.37. The zero-order valence-electron chi connectivity index (χ0n) is 11.5. The molecule has 5 heteroatoms. The number of fused-ring (bicyclic) bond motifs is 2. The maximum Gasteiger partial charge on any atom is 0.234 e. The van der Waals surface area contributed by atoms with E-state index in [0.717, 1.165) is 32.1 Å². The van der Waals surface area contributed by atoms with Gasteiger partial charge in [-0.15, -0.1) is 0 Å². The van der Waals surface area contributed by atoms with Crippen LogP contribution in [0.5, 0.6) is 0 Å². The zero-order valence-corrected chi connectivity index (χ0v) is 11.5. The summed E-state index contributed by atoms with van der Waals surface area (Å²) in [5.41, 5.74) is 0.0219. The average Bonchev–Trinajstić information content (AvgIpc) is 3.01. The first-order chi connectivity index (χ1) is 9.75. The highest BCUT2D eigenvalue weighted by Crippen LogP contribution is 2.60. The molecule has 5 nitrogen and oxygen atoms in total. The van der Waals surface area contributed by atoms with E-state index in [1.807, 2.05) is 0 Å². The molecule has 106 valence electrons. The highest BCUT2D eigenvalue weighted by molar-refractivity contribution is 5.33. The van der Waals surface area contributed by atoms with Crippen molar-refractivity contribution in [3.63, 3.8) is 0 Å². The Morgan fingerprint density at radius 3 is 2.70 bits per heavy atom. The van der Waals surface area contributed by atoms with Crippen LogP contribution in [0.4, 0.5) is 0 Å². The summed E-state index contributed by atoms with van der Waals surface area (Å²) in [6.45, 7) is 8.48. The third-order valence-corrected chi connectivity index (χ3v) is 5.07. The minimum absolute atomic E-state index is 0.0219. The van der Waals surface area contributed by atoms with E-state index in [4.69, 9.17) is 6.57 Å². The van der Waals surface area contributed by atoms with Gasteiger partial charge in [0, 0.05) is 6.42 Å². The quantitative estimate of drug-likeness (QED) is 0.309. The van der Waals surface area contributed by atoms with Crippen molar-refractivity contribution in [1.29, 1.82) is 0 Å². The maximum absolute atomic E-state index is 10.5. The van der Waals surface area contributed by atoms with Crippen LogP contribution < -0.4 is 0 Å². The van der Waals surface area contributed by atoms with E-state index in [0.29, 0.717) is 37.4 Å². The number of nitrogens with zero attached hydrogens (tertiary/aromatic N) is 3. The van der Waals surface area contributed by atoms with Crippen molar-refractivity contribution in [2.45, 2.75) is 32.1 Å². The van der Waals surface area contributed by atoms with Crippen LogP contribution in [0, 0.1) is 29.7 Å². The normalized spacial score (nSPS) is 34.0. The number of isocyanates is 2. The summed E-state index contributed by atoms with van der Waals surface area (Å²) in [5.74, 6) is 1.53. The fraction of sp³-hybridized carbons (Fsp3) is 0.800. The van der Waals surface area contributed by atoms with Gasteiger partial charge < -0.3 is 4.85 Å². The highest BCUT2D eigenvalue weighted by atomic mass is 16.1. The fourth-order valence-electron chi connectivity index (χ4n) is 4.49. The minimum atomic E-state index is 0.0219. The highest BCUT2D eigenvalue weighted by Gasteiger charge is 2.54. The first-order valence-corrected chi connectivity index (χ1v) is 7.16. The molecule has 2 rings (SSSR count). The molecule has 2 saturated carbocycles. The monoisotopic (exact) mass is 273 g/mol. The summed E-state index contributed by atoms with van der Waals surface area (Å²) >= 11 is 0. The Balaban J connectivity index is 2.12. The molecule has 2 fully saturated rings. The van der Waals surface area contributed by atoms with Crippen LogP contribution in [-0.2, 0) is 9.59 Å². The molecule has 4 unspecified atom stereocenters. The molecule has 2 bridgehead atoms. The van der Waals surface area contributed by atoms with Gasteiger partial charge in [0.25, 0.3) is 0 Å². The van der Waals surface area contributed by atoms with E-state index in [-0.39, 0.29) is 5.41 Å². The molecule has 0 spiro atoms. The molecule has 2 aliphatic rings. The van der Waals surface area contributed by atoms with Gasteiger partial charge in [-0.3, -0.25) is 0 Å². The topological polar surface area (TPSA) is 63.2 Å². The van der Waals surface area contributed by atoms with Crippen LogP contribution in [0.1, 0.15) is 32.1 Å². The molecule has 20 heavy (non-hydrogen) atoms. The summed E-state index contributed by atoms with van der Waals surface area (Å²) in [6, 6.07) is 0. The number of hydrogen-bond acceptors (Lipinski definition) is 4. The van der Waals surface area contributed by atoms with Gasteiger partial charge in [0.15, 0.2) is 0 Å². The average molecular weight is 273 g/mol. The summed E-state index contributed by atoms with van der Waals surface area (Å²) in [6.07, 6.45) is 8.41. The molecule has 0 N–H and O–H groups in total. The first-order valence-electron chi connectivity index (χ1n) is 7.16. The van der Waals surface area contributed by atoms with Crippen LogP contribution in [0.2, 0.25) is 0 Å². The number of aliphatic imine (C=N–C) groups is 2. The second-order valence-corrected chi connectivity index (χ2v) is 6.10. The molecule has 0 heterocycles. The van der Waals surface area contributed by atoms with Gasteiger partial charge >= 0.3 is 0 Å². The van der Waals surface area contributed by atoms with Crippen LogP contribution in [-0.4, -0.2) is 31.8 Å². The summed E-state index contributed by atoms with van der Waals surface area (Å²) < 4.78 is 0. The van der Waals surface area contributed by atoms with Crippen molar-refractivity contribution in [2.24, 2.45) is 33.2 Å². The lowest BCUT2D eigenvalue weighted by molar-refractivity contribution is 0.108. The van der Waals surface area contributed by atoms with Gasteiger partial charge in [-0.05, 0) is 48.9 Å². The molecule has 0 aromatic carbocycles. The Hall–Kier alpha value is -1.75. The van der Waals surface area contributed by atoms with Gasteiger partial charge in [-0.2, -0.15) is 0 Å². The van der Waals surface area contributed by atoms with Gasteiger partial charge in [0.2, 0.25) is 18.7 Å². The second kappa shape index (κ2) is 6.61. The van der Waals surface area contributed by atoms with Crippen molar-refractivity contribution in [3.05, 3.63) is 11.4 Å². The molecule has 0 aromatic heterocycles. The maximum atomic E-state index is 10.5. The Kier molecular flexibility index (Phi) is 4.84. The Morgan fingerprint density at radius 2 is 2.05 bits per heavy atom. The van der Waals surface area contributed by atoms with E-state index < -0.39 is 0 Å². The van der Waals surface area contributed by atoms with Gasteiger partial charge in [-0.25, -0.2) is 26.1 Å². The molecular weight excluding hydrogens is 254 g/mol. The summed E-state index contributed by atoms with van der Waals surface area (Å²) in [5, 5.41) is 0. The Labute approximate surface area is 119 Å². The molecule has 4 atom stereocenters. The number of carbonyl (C=O) groups excluding carboxylic acids is 2. The van der Waals surface area contributed by atoms with E-state index in [9.17, 15) is 9.59 Å². The molecule has 0 aromatic rings. The van der Waals surface area contributed by atoms with Crippen LogP contribution in [0.15, 0.2) is 9.98 Å². The van der Waals surface area contributed by atoms with E-state index in [1.54, 1.807) is 12.2 Å². The van der Waals surface area contributed by atoms with Gasteiger partial charge in [0.1, 0.15) is 0 Å². The zero-order chi connectivity index (χ0) is 14.4. The van der Waals surface area contributed by atoms with E-state index in [1.165, 1.54) is 0 Å². The smallest absolute Gasteiger partial charge is 0.234 e. The first kappa shape index (κ1) is 14.7. The van der Waals surface area contributed by atoms with Crippen molar-refractivity contribution in [3.8, 4) is 0 Å². The van der Waals surface area contributed by atoms with Gasteiger partial charge in [0.05, 0.1) is 13.1 Å².